The van der Waals surface area contributed by atoms with Crippen molar-refractivity contribution >= 4 is 22.9 Å². The molecule has 3 aromatic rings. The van der Waals surface area contributed by atoms with E-state index in [0.29, 0.717) is 23.7 Å². The van der Waals surface area contributed by atoms with E-state index in [-0.39, 0.29) is 11.7 Å². The van der Waals surface area contributed by atoms with Crippen molar-refractivity contribution in [2.24, 2.45) is 0 Å². The molecule has 0 unspecified atom stereocenters. The molecule has 10 nitrogen and oxygen atoms in total. The number of nitrogens with one attached hydrogen (secondary N) is 1. The van der Waals surface area contributed by atoms with Crippen LogP contribution in [0, 0.1) is 0 Å². The van der Waals surface area contributed by atoms with Crippen LogP contribution in [0.1, 0.15) is 24.6 Å². The molecule has 5 atom stereocenters. The lowest BCUT2D eigenvalue weighted by molar-refractivity contribution is -0.0501. The van der Waals surface area contributed by atoms with Crippen LogP contribution < -0.4 is 11.1 Å². The molecule has 0 bridgehead atoms. The quantitative estimate of drug-likeness (QED) is 0.392. The van der Waals surface area contributed by atoms with Crippen LogP contribution in [0.4, 0.5) is 11.8 Å². The fourth-order valence-corrected chi connectivity index (χ4v) is 3.53. The Labute approximate surface area is 167 Å². The maximum Gasteiger partial charge on any atom is 0.207 e. The second kappa shape index (κ2) is 7.91. The number of benzene rings is 1. The number of aromatic nitrogens is 4. The molecule has 0 radical (unpaired) electrons. The van der Waals surface area contributed by atoms with Crippen LogP contribution in [0.2, 0.25) is 0 Å². The van der Waals surface area contributed by atoms with Crippen LogP contribution in [-0.4, -0.2) is 66.3 Å². The number of aliphatic hydroxyl groups is 3. The number of imidazole rings is 1. The predicted molar refractivity (Wildman–Crippen MR) is 106 cm³/mol. The lowest BCUT2D eigenvalue weighted by Crippen LogP contribution is -2.33. The maximum atomic E-state index is 10.5. The number of hydrogen-bond acceptors (Lipinski definition) is 9. The summed E-state index contributed by atoms with van der Waals surface area (Å²) in [6.45, 7) is 2.21. The Morgan fingerprint density at radius 3 is 2.66 bits per heavy atom. The molecule has 29 heavy (non-hydrogen) atoms. The topological polar surface area (TPSA) is 152 Å². The Morgan fingerprint density at radius 2 is 1.97 bits per heavy atom. The predicted octanol–water partition coefficient (Wildman–Crippen LogP) is 0.236. The van der Waals surface area contributed by atoms with Crippen molar-refractivity contribution in [1.82, 2.24) is 19.5 Å². The molecule has 3 heterocycles. The van der Waals surface area contributed by atoms with Crippen molar-refractivity contribution in [3.05, 3.63) is 42.2 Å². The Kier molecular flexibility index (Phi) is 5.33. The van der Waals surface area contributed by atoms with Gasteiger partial charge in [-0.15, -0.1) is 0 Å². The zero-order chi connectivity index (χ0) is 20.5. The van der Waals surface area contributed by atoms with Gasteiger partial charge in [-0.05, 0) is 11.5 Å². The van der Waals surface area contributed by atoms with Crippen molar-refractivity contribution in [1.29, 1.82) is 0 Å². The Morgan fingerprint density at radius 1 is 1.21 bits per heavy atom. The summed E-state index contributed by atoms with van der Waals surface area (Å²) in [4.78, 5) is 12.7. The van der Waals surface area contributed by atoms with Gasteiger partial charge in [0.1, 0.15) is 24.6 Å². The molecule has 154 valence electrons. The van der Waals surface area contributed by atoms with E-state index >= 15 is 0 Å². The van der Waals surface area contributed by atoms with Crippen LogP contribution >= 0.6 is 0 Å². The van der Waals surface area contributed by atoms with Gasteiger partial charge >= 0.3 is 0 Å². The SMILES string of the molecule is C[C@@H](CNc1nc2c(N)ncnc2n1[C@@H]1O[C@H](CO)[C@@H](O)[C@H]1O)c1ccccc1. The molecular formula is C19H24N6O4. The second-order valence-electron chi connectivity index (χ2n) is 7.16. The highest BCUT2D eigenvalue weighted by atomic mass is 16.6. The van der Waals surface area contributed by atoms with Crippen molar-refractivity contribution in [2.45, 2.75) is 37.4 Å². The second-order valence-corrected chi connectivity index (χ2v) is 7.16. The minimum atomic E-state index is -1.27. The Bertz CT molecular complexity index is 981. The van der Waals surface area contributed by atoms with Crippen molar-refractivity contribution in [3.8, 4) is 0 Å². The van der Waals surface area contributed by atoms with Gasteiger partial charge in [0.2, 0.25) is 5.95 Å². The number of anilines is 2. The van der Waals surface area contributed by atoms with E-state index in [1.807, 2.05) is 30.3 Å². The van der Waals surface area contributed by atoms with E-state index in [0.717, 1.165) is 5.56 Å². The van der Waals surface area contributed by atoms with E-state index in [1.54, 1.807) is 4.57 Å². The number of rotatable bonds is 6. The molecule has 1 aliphatic rings. The molecule has 0 amide bonds. The van der Waals surface area contributed by atoms with Crippen molar-refractivity contribution < 1.29 is 20.1 Å². The first-order chi connectivity index (χ1) is 14.0. The minimum Gasteiger partial charge on any atom is -0.394 e. The number of nitrogen functional groups attached to an aromatic ring is 1. The molecule has 0 saturated carbocycles. The van der Waals surface area contributed by atoms with E-state index in [9.17, 15) is 15.3 Å². The standard InChI is InChI=1S/C19H24N6O4/c1-10(11-5-3-2-4-6-11)7-21-19-24-13-16(20)22-9-23-17(13)25(19)18-15(28)14(27)12(8-26)29-18/h2-6,9-10,12,14-15,18,26-28H,7-8H2,1H3,(H,21,24)(H2,20,22,23)/t10-,12+,14+,15+,18+/m0/s1. The summed E-state index contributed by atoms with van der Waals surface area (Å²) in [5.41, 5.74) is 7.84. The van der Waals surface area contributed by atoms with E-state index in [1.165, 1.54) is 6.33 Å². The highest BCUT2D eigenvalue weighted by molar-refractivity contribution is 5.84. The first kappa shape index (κ1) is 19.5. The summed E-state index contributed by atoms with van der Waals surface area (Å²) < 4.78 is 7.24. The van der Waals surface area contributed by atoms with Gasteiger partial charge in [0.25, 0.3) is 0 Å². The summed E-state index contributed by atoms with van der Waals surface area (Å²) in [5.74, 6) is 0.752. The molecule has 6 N–H and O–H groups in total. The highest BCUT2D eigenvalue weighted by Crippen LogP contribution is 2.35. The number of nitrogens with zero attached hydrogens (tertiary/aromatic N) is 4. The third-order valence-corrected chi connectivity index (χ3v) is 5.21. The van der Waals surface area contributed by atoms with Gasteiger partial charge in [-0.25, -0.2) is 15.0 Å². The van der Waals surface area contributed by atoms with E-state index in [4.69, 9.17) is 10.5 Å². The fourth-order valence-electron chi connectivity index (χ4n) is 3.53. The summed E-state index contributed by atoms with van der Waals surface area (Å²) in [6, 6.07) is 10.0. The largest absolute Gasteiger partial charge is 0.394 e. The number of ether oxygens (including phenoxy) is 1. The lowest BCUT2D eigenvalue weighted by atomic mass is 10.0. The van der Waals surface area contributed by atoms with E-state index in [2.05, 4.69) is 27.2 Å². The normalized spacial score (nSPS) is 25.4. The van der Waals surface area contributed by atoms with Gasteiger partial charge < -0.3 is 31.1 Å². The monoisotopic (exact) mass is 400 g/mol. The van der Waals surface area contributed by atoms with Crippen LogP contribution in [0.25, 0.3) is 11.2 Å². The fraction of sp³-hybridized carbons (Fsp3) is 0.421. The third-order valence-electron chi connectivity index (χ3n) is 5.21. The lowest BCUT2D eigenvalue weighted by Gasteiger charge is -2.20. The molecule has 1 aromatic carbocycles. The van der Waals surface area contributed by atoms with Gasteiger partial charge in [-0.1, -0.05) is 37.3 Å². The molecule has 0 aliphatic carbocycles. The minimum absolute atomic E-state index is 0.179. The zero-order valence-corrected chi connectivity index (χ0v) is 15.9. The molecule has 1 aliphatic heterocycles. The van der Waals surface area contributed by atoms with Crippen molar-refractivity contribution in [2.75, 3.05) is 24.2 Å². The molecule has 4 rings (SSSR count). The summed E-state index contributed by atoms with van der Waals surface area (Å²) in [7, 11) is 0. The Balaban J connectivity index is 1.68. The zero-order valence-electron chi connectivity index (χ0n) is 15.9. The van der Waals surface area contributed by atoms with Gasteiger partial charge in [-0.3, -0.25) is 4.57 Å². The van der Waals surface area contributed by atoms with Gasteiger partial charge in [0.05, 0.1) is 6.61 Å². The Hall–Kier alpha value is -2.79. The molecule has 0 spiro atoms. The number of fused-ring (bicyclic) bond motifs is 1. The maximum absolute atomic E-state index is 10.5. The van der Waals surface area contributed by atoms with Gasteiger partial charge in [0.15, 0.2) is 23.2 Å². The van der Waals surface area contributed by atoms with Crippen LogP contribution in [0.5, 0.6) is 0 Å². The molecule has 2 aromatic heterocycles. The van der Waals surface area contributed by atoms with Crippen molar-refractivity contribution in [3.63, 3.8) is 0 Å². The van der Waals surface area contributed by atoms with E-state index < -0.39 is 31.1 Å². The van der Waals surface area contributed by atoms with Crippen LogP contribution in [-0.2, 0) is 4.74 Å². The van der Waals surface area contributed by atoms with Crippen LogP contribution in [0.15, 0.2) is 36.7 Å². The van der Waals surface area contributed by atoms with Gasteiger partial charge in [0, 0.05) is 6.54 Å². The highest BCUT2D eigenvalue weighted by Gasteiger charge is 2.45. The average Bonchev–Trinajstić information content (AvgIpc) is 3.25. The van der Waals surface area contributed by atoms with Gasteiger partial charge in [-0.2, -0.15) is 0 Å². The smallest absolute Gasteiger partial charge is 0.207 e. The first-order valence-corrected chi connectivity index (χ1v) is 9.41. The molecule has 10 heteroatoms. The number of hydrogen-bond donors (Lipinski definition) is 5. The summed E-state index contributed by atoms with van der Waals surface area (Å²) in [5, 5.41) is 33.3. The molecule has 1 saturated heterocycles. The molecule has 1 fully saturated rings. The number of nitrogens with two attached hydrogens (primary N) is 1. The summed E-state index contributed by atoms with van der Waals surface area (Å²) >= 11 is 0. The average molecular weight is 400 g/mol. The third kappa shape index (κ3) is 3.51. The summed E-state index contributed by atoms with van der Waals surface area (Å²) in [6.07, 6.45) is -3.11. The molecular weight excluding hydrogens is 376 g/mol. The van der Waals surface area contributed by atoms with Crippen LogP contribution in [0.3, 0.4) is 0 Å². The first-order valence-electron chi connectivity index (χ1n) is 9.41. The number of aliphatic hydroxyl groups excluding tert-OH is 3.